The molecule has 0 spiro atoms. The van der Waals surface area contributed by atoms with Gasteiger partial charge < -0.3 is 14.8 Å². The van der Waals surface area contributed by atoms with Crippen molar-refractivity contribution in [1.82, 2.24) is 5.32 Å². The van der Waals surface area contributed by atoms with E-state index < -0.39 is 11.8 Å². The molecular formula is C25H31NO4. The quantitative estimate of drug-likeness (QED) is 0.734. The number of benzene rings is 1. The van der Waals surface area contributed by atoms with Gasteiger partial charge >= 0.3 is 5.97 Å². The smallest absolute Gasteiger partial charge is 0.316 e. The van der Waals surface area contributed by atoms with Crippen molar-refractivity contribution >= 4 is 11.8 Å². The van der Waals surface area contributed by atoms with Gasteiger partial charge in [0.15, 0.2) is 5.78 Å². The fourth-order valence-corrected chi connectivity index (χ4v) is 5.14. The average Bonchev–Trinajstić information content (AvgIpc) is 3.18. The summed E-state index contributed by atoms with van der Waals surface area (Å²) in [5.74, 6) is -0.466. The molecule has 0 aromatic heterocycles. The van der Waals surface area contributed by atoms with E-state index in [1.54, 1.807) is 7.11 Å². The number of nitrogens with one attached hydrogen (secondary N) is 1. The van der Waals surface area contributed by atoms with Crippen molar-refractivity contribution in [2.75, 3.05) is 7.11 Å². The van der Waals surface area contributed by atoms with Crippen LogP contribution in [0.15, 0.2) is 47.8 Å². The minimum atomic E-state index is -0.622. The first-order valence-corrected chi connectivity index (χ1v) is 10.9. The van der Waals surface area contributed by atoms with E-state index in [-0.39, 0.29) is 23.3 Å². The molecule has 5 heteroatoms. The second-order valence-electron chi connectivity index (χ2n) is 9.56. The number of carbonyl (C=O) groups excluding carboxylic acids is 2. The van der Waals surface area contributed by atoms with Gasteiger partial charge in [-0.1, -0.05) is 32.6 Å². The zero-order valence-electron chi connectivity index (χ0n) is 18.1. The molecule has 0 radical (unpaired) electrons. The Labute approximate surface area is 178 Å². The van der Waals surface area contributed by atoms with Crippen LogP contribution in [-0.4, -0.2) is 25.0 Å². The first-order valence-electron chi connectivity index (χ1n) is 10.9. The number of esters is 1. The summed E-state index contributed by atoms with van der Waals surface area (Å²) < 4.78 is 11.2. The summed E-state index contributed by atoms with van der Waals surface area (Å²) in [5, 5.41) is 3.32. The molecule has 160 valence electrons. The summed E-state index contributed by atoms with van der Waals surface area (Å²) in [6.45, 7) is 8.38. The van der Waals surface area contributed by atoms with Gasteiger partial charge in [0.25, 0.3) is 0 Å². The summed E-state index contributed by atoms with van der Waals surface area (Å²) in [6.07, 6.45) is 5.19. The van der Waals surface area contributed by atoms with E-state index in [0.717, 1.165) is 49.1 Å². The molecule has 1 aliphatic heterocycles. The number of hydrogen-bond donors (Lipinski definition) is 1. The highest BCUT2D eigenvalue weighted by molar-refractivity contribution is 6.00. The van der Waals surface area contributed by atoms with Crippen LogP contribution in [-0.2, 0) is 14.3 Å². The summed E-state index contributed by atoms with van der Waals surface area (Å²) in [7, 11) is 1.62. The topological polar surface area (TPSA) is 64.6 Å². The Bertz CT molecular complexity index is 890. The van der Waals surface area contributed by atoms with Crippen molar-refractivity contribution < 1.29 is 19.1 Å². The molecule has 3 aliphatic rings. The maximum atomic E-state index is 13.3. The standard InChI is InChI=1S/C25H31NO4/c1-15-21(24(28)30-18-7-5-6-8-18)22(16-9-11-17(29-4)12-10-16)23-19(26-15)13-25(2,3)14-20(23)27/h9-12,18,21-22,26H,1,5-8,13-14H2,2-4H3. The van der Waals surface area contributed by atoms with Gasteiger partial charge in [-0.3, -0.25) is 9.59 Å². The third-order valence-corrected chi connectivity index (χ3v) is 6.57. The Morgan fingerprint density at radius 1 is 1.13 bits per heavy atom. The van der Waals surface area contributed by atoms with Gasteiger partial charge in [-0.2, -0.15) is 0 Å². The van der Waals surface area contributed by atoms with Gasteiger partial charge in [0.05, 0.1) is 7.11 Å². The highest BCUT2D eigenvalue weighted by atomic mass is 16.5. The van der Waals surface area contributed by atoms with Crippen LogP contribution in [0, 0.1) is 11.3 Å². The summed E-state index contributed by atoms with van der Waals surface area (Å²) in [6, 6.07) is 7.62. The largest absolute Gasteiger partial charge is 0.497 e. The van der Waals surface area contributed by atoms with E-state index in [1.807, 2.05) is 24.3 Å². The molecule has 2 unspecified atom stereocenters. The highest BCUT2D eigenvalue weighted by Crippen LogP contribution is 2.48. The van der Waals surface area contributed by atoms with Crippen molar-refractivity contribution in [2.45, 2.75) is 64.4 Å². The molecule has 1 heterocycles. The summed E-state index contributed by atoms with van der Waals surface area (Å²) in [5.41, 5.74) is 3.01. The van der Waals surface area contributed by atoms with E-state index in [4.69, 9.17) is 9.47 Å². The molecule has 1 aromatic carbocycles. The SMILES string of the molecule is C=C1NC2=C(C(=O)CC(C)(C)C2)C(c2ccc(OC)cc2)C1C(=O)OC1CCCC1. The predicted molar refractivity (Wildman–Crippen MR) is 115 cm³/mol. The van der Waals surface area contributed by atoms with Crippen LogP contribution >= 0.6 is 0 Å². The summed E-state index contributed by atoms with van der Waals surface area (Å²) >= 11 is 0. The Balaban J connectivity index is 1.76. The van der Waals surface area contributed by atoms with Crippen molar-refractivity contribution in [3.8, 4) is 5.75 Å². The van der Waals surface area contributed by atoms with E-state index in [1.165, 1.54) is 0 Å². The number of Topliss-reactive ketones (excluding diaryl/α,β-unsaturated/α-hetero) is 1. The van der Waals surface area contributed by atoms with Gasteiger partial charge in [0, 0.05) is 29.3 Å². The molecule has 30 heavy (non-hydrogen) atoms. The van der Waals surface area contributed by atoms with Crippen molar-refractivity contribution in [2.24, 2.45) is 11.3 Å². The Morgan fingerprint density at radius 2 is 1.80 bits per heavy atom. The second kappa shape index (κ2) is 7.93. The van der Waals surface area contributed by atoms with Crippen molar-refractivity contribution in [1.29, 1.82) is 0 Å². The number of hydrogen-bond acceptors (Lipinski definition) is 5. The molecular weight excluding hydrogens is 378 g/mol. The normalized spacial score (nSPS) is 26.2. The molecule has 2 aliphatic carbocycles. The van der Waals surface area contributed by atoms with E-state index in [2.05, 4.69) is 25.7 Å². The molecule has 0 amide bonds. The second-order valence-corrected chi connectivity index (χ2v) is 9.56. The lowest BCUT2D eigenvalue weighted by atomic mass is 9.66. The Kier molecular flexibility index (Phi) is 5.48. The zero-order valence-corrected chi connectivity index (χ0v) is 18.1. The molecule has 5 nitrogen and oxygen atoms in total. The number of methoxy groups -OCH3 is 1. The number of carbonyl (C=O) groups is 2. The van der Waals surface area contributed by atoms with E-state index in [0.29, 0.717) is 17.7 Å². The maximum Gasteiger partial charge on any atom is 0.316 e. The minimum Gasteiger partial charge on any atom is -0.497 e. The van der Waals surface area contributed by atoms with Gasteiger partial charge in [-0.25, -0.2) is 0 Å². The van der Waals surface area contributed by atoms with Gasteiger partial charge in [-0.05, 0) is 55.2 Å². The van der Waals surface area contributed by atoms with Crippen LogP contribution in [0.25, 0.3) is 0 Å². The molecule has 4 rings (SSSR count). The lowest BCUT2D eigenvalue weighted by Gasteiger charge is -2.42. The van der Waals surface area contributed by atoms with Gasteiger partial charge in [0.2, 0.25) is 0 Å². The van der Waals surface area contributed by atoms with E-state index >= 15 is 0 Å². The molecule has 2 atom stereocenters. The average molecular weight is 410 g/mol. The zero-order chi connectivity index (χ0) is 21.5. The van der Waals surface area contributed by atoms with Crippen LogP contribution < -0.4 is 10.1 Å². The van der Waals surface area contributed by atoms with Crippen LogP contribution in [0.4, 0.5) is 0 Å². The fraction of sp³-hybridized carbons (Fsp3) is 0.520. The molecule has 1 saturated carbocycles. The van der Waals surface area contributed by atoms with E-state index in [9.17, 15) is 9.59 Å². The first kappa shape index (κ1) is 20.7. The predicted octanol–water partition coefficient (Wildman–Crippen LogP) is 4.64. The third-order valence-electron chi connectivity index (χ3n) is 6.57. The molecule has 1 N–H and O–H groups in total. The number of rotatable bonds is 4. The Hall–Kier alpha value is -2.56. The minimum absolute atomic E-state index is 0.0295. The Morgan fingerprint density at radius 3 is 2.43 bits per heavy atom. The molecule has 0 bridgehead atoms. The molecule has 0 saturated heterocycles. The van der Waals surface area contributed by atoms with Crippen LogP contribution in [0.3, 0.4) is 0 Å². The lowest BCUT2D eigenvalue weighted by Crippen LogP contribution is -2.44. The van der Waals surface area contributed by atoms with Gasteiger partial charge in [-0.15, -0.1) is 0 Å². The van der Waals surface area contributed by atoms with Crippen LogP contribution in [0.1, 0.15) is 63.9 Å². The molecule has 1 fully saturated rings. The number of ketones is 1. The summed E-state index contributed by atoms with van der Waals surface area (Å²) in [4.78, 5) is 26.6. The lowest BCUT2D eigenvalue weighted by molar-refractivity contribution is -0.153. The fourth-order valence-electron chi connectivity index (χ4n) is 5.14. The number of ether oxygens (including phenoxy) is 2. The van der Waals surface area contributed by atoms with Crippen molar-refractivity contribution in [3.63, 3.8) is 0 Å². The monoisotopic (exact) mass is 409 g/mol. The highest BCUT2D eigenvalue weighted by Gasteiger charge is 2.47. The van der Waals surface area contributed by atoms with Gasteiger partial charge in [0.1, 0.15) is 17.8 Å². The number of allylic oxidation sites excluding steroid dienone is 2. The maximum absolute atomic E-state index is 13.3. The third kappa shape index (κ3) is 3.90. The van der Waals surface area contributed by atoms with Crippen LogP contribution in [0.5, 0.6) is 5.75 Å². The first-order chi connectivity index (χ1) is 14.3. The van der Waals surface area contributed by atoms with Crippen molar-refractivity contribution in [3.05, 3.63) is 53.4 Å². The molecule has 1 aromatic rings. The van der Waals surface area contributed by atoms with Crippen LogP contribution in [0.2, 0.25) is 0 Å².